The first-order chi connectivity index (χ1) is 6.21. The first kappa shape index (κ1) is 8.78. The maximum absolute atomic E-state index is 6.30. The number of halogens is 2. The SMILES string of the molecule is ClC1=CC=CC(Cl)(c2c[nH]nn2)C1. The summed E-state index contributed by atoms with van der Waals surface area (Å²) in [6.45, 7) is 0. The van der Waals surface area contributed by atoms with Crippen molar-refractivity contribution < 1.29 is 0 Å². The Morgan fingerprint density at radius 1 is 1.54 bits per heavy atom. The summed E-state index contributed by atoms with van der Waals surface area (Å²) in [5, 5.41) is 10.8. The summed E-state index contributed by atoms with van der Waals surface area (Å²) in [5.41, 5.74) is 0.691. The minimum Gasteiger partial charge on any atom is -0.265 e. The number of allylic oxidation sites excluding steroid dienone is 4. The minimum absolute atomic E-state index is 0.555. The highest BCUT2D eigenvalue weighted by atomic mass is 35.5. The van der Waals surface area contributed by atoms with E-state index < -0.39 is 4.87 Å². The van der Waals surface area contributed by atoms with Gasteiger partial charge < -0.3 is 0 Å². The van der Waals surface area contributed by atoms with Gasteiger partial charge in [-0.1, -0.05) is 29.0 Å². The summed E-state index contributed by atoms with van der Waals surface area (Å²) in [4.78, 5) is -0.640. The third-order valence-corrected chi connectivity index (χ3v) is 2.62. The standard InChI is InChI=1S/C8H7Cl2N3/c9-6-2-1-3-8(10,4-6)7-5-11-13-12-7/h1-3,5H,4H2,(H,11,12,13). The molecular formula is C8H7Cl2N3. The molecule has 1 aliphatic rings. The summed E-state index contributed by atoms with van der Waals surface area (Å²) in [6.07, 6.45) is 7.74. The summed E-state index contributed by atoms with van der Waals surface area (Å²) in [5.74, 6) is 0. The molecule has 0 aliphatic heterocycles. The van der Waals surface area contributed by atoms with Crippen molar-refractivity contribution in [1.29, 1.82) is 0 Å². The van der Waals surface area contributed by atoms with Crippen LogP contribution in [0.1, 0.15) is 12.1 Å². The van der Waals surface area contributed by atoms with E-state index in [1.807, 2.05) is 18.2 Å². The van der Waals surface area contributed by atoms with Gasteiger partial charge in [-0.2, -0.15) is 0 Å². The maximum Gasteiger partial charge on any atom is 0.113 e. The molecule has 68 valence electrons. The van der Waals surface area contributed by atoms with Crippen LogP contribution in [0.3, 0.4) is 0 Å². The first-order valence-corrected chi connectivity index (χ1v) is 4.56. The van der Waals surface area contributed by atoms with Gasteiger partial charge >= 0.3 is 0 Å². The van der Waals surface area contributed by atoms with Gasteiger partial charge in [0.05, 0.1) is 0 Å². The zero-order valence-electron chi connectivity index (χ0n) is 6.67. The zero-order valence-corrected chi connectivity index (χ0v) is 8.18. The topological polar surface area (TPSA) is 41.6 Å². The van der Waals surface area contributed by atoms with E-state index in [1.165, 1.54) is 0 Å². The van der Waals surface area contributed by atoms with E-state index in [1.54, 1.807) is 6.20 Å². The highest BCUT2D eigenvalue weighted by Crippen LogP contribution is 2.38. The van der Waals surface area contributed by atoms with Crippen LogP contribution in [0.25, 0.3) is 0 Å². The highest BCUT2D eigenvalue weighted by molar-refractivity contribution is 6.32. The van der Waals surface area contributed by atoms with Crippen LogP contribution in [0.5, 0.6) is 0 Å². The Morgan fingerprint density at radius 2 is 2.38 bits per heavy atom. The average molecular weight is 216 g/mol. The van der Waals surface area contributed by atoms with E-state index in [9.17, 15) is 0 Å². The van der Waals surface area contributed by atoms with Crippen LogP contribution < -0.4 is 0 Å². The molecule has 13 heavy (non-hydrogen) atoms. The molecule has 0 saturated carbocycles. The molecule has 0 saturated heterocycles. The Bertz CT molecular complexity index is 355. The first-order valence-electron chi connectivity index (χ1n) is 3.80. The highest BCUT2D eigenvalue weighted by Gasteiger charge is 2.31. The van der Waals surface area contributed by atoms with Gasteiger partial charge in [0.15, 0.2) is 0 Å². The van der Waals surface area contributed by atoms with Gasteiger partial charge in [-0.05, 0) is 6.08 Å². The largest absolute Gasteiger partial charge is 0.265 e. The molecule has 0 fully saturated rings. The molecule has 0 radical (unpaired) electrons. The van der Waals surface area contributed by atoms with Crippen molar-refractivity contribution >= 4 is 23.2 Å². The van der Waals surface area contributed by atoms with Gasteiger partial charge in [0.25, 0.3) is 0 Å². The van der Waals surface area contributed by atoms with Gasteiger partial charge in [-0.25, -0.2) is 0 Å². The molecule has 5 heteroatoms. The molecular weight excluding hydrogens is 209 g/mol. The number of nitrogens with zero attached hydrogens (tertiary/aromatic N) is 2. The number of rotatable bonds is 1. The third-order valence-electron chi connectivity index (χ3n) is 1.91. The lowest BCUT2D eigenvalue weighted by Gasteiger charge is -2.22. The summed E-state index contributed by atoms with van der Waals surface area (Å²) in [6, 6.07) is 0. The average Bonchev–Trinajstić information content (AvgIpc) is 2.55. The summed E-state index contributed by atoms with van der Waals surface area (Å²) >= 11 is 12.2. The van der Waals surface area contributed by atoms with Gasteiger partial charge in [0, 0.05) is 17.6 Å². The third kappa shape index (κ3) is 1.62. The normalized spacial score (nSPS) is 27.4. The van der Waals surface area contributed by atoms with Gasteiger partial charge in [-0.15, -0.1) is 16.7 Å². The Morgan fingerprint density at radius 3 is 3.00 bits per heavy atom. The van der Waals surface area contributed by atoms with Crippen LogP contribution >= 0.6 is 23.2 Å². The van der Waals surface area contributed by atoms with Crippen molar-refractivity contribution in [2.75, 3.05) is 0 Å². The molecule has 1 N–H and O–H groups in total. The molecule has 1 aliphatic carbocycles. The van der Waals surface area contributed by atoms with Gasteiger partial charge in [-0.3, -0.25) is 5.10 Å². The van der Waals surface area contributed by atoms with E-state index in [-0.39, 0.29) is 0 Å². The second kappa shape index (κ2) is 3.16. The van der Waals surface area contributed by atoms with Crippen LogP contribution in [0.4, 0.5) is 0 Å². The maximum atomic E-state index is 6.30. The molecule has 2 rings (SSSR count). The van der Waals surface area contributed by atoms with Gasteiger partial charge in [0.1, 0.15) is 10.6 Å². The smallest absolute Gasteiger partial charge is 0.113 e. The molecule has 0 spiro atoms. The number of aromatic amines is 1. The van der Waals surface area contributed by atoms with Gasteiger partial charge in [0.2, 0.25) is 0 Å². The number of H-pyrrole nitrogens is 1. The molecule has 1 atom stereocenters. The van der Waals surface area contributed by atoms with E-state index in [2.05, 4.69) is 15.4 Å². The van der Waals surface area contributed by atoms with Crippen LogP contribution in [0.15, 0.2) is 29.5 Å². The number of aromatic nitrogens is 3. The second-order valence-electron chi connectivity index (χ2n) is 2.87. The monoisotopic (exact) mass is 215 g/mol. The van der Waals surface area contributed by atoms with E-state index in [0.717, 1.165) is 5.03 Å². The molecule has 0 aromatic carbocycles. The van der Waals surface area contributed by atoms with Crippen LogP contribution in [0, 0.1) is 0 Å². The van der Waals surface area contributed by atoms with E-state index in [4.69, 9.17) is 23.2 Å². The van der Waals surface area contributed by atoms with Crippen molar-refractivity contribution in [3.63, 3.8) is 0 Å². The van der Waals surface area contributed by atoms with Crippen LogP contribution in [0.2, 0.25) is 0 Å². The Hall–Kier alpha value is -0.800. The predicted molar refractivity (Wildman–Crippen MR) is 51.6 cm³/mol. The van der Waals surface area contributed by atoms with E-state index >= 15 is 0 Å². The van der Waals surface area contributed by atoms with Crippen LogP contribution in [-0.4, -0.2) is 15.4 Å². The Labute approximate surface area is 85.4 Å². The summed E-state index contributed by atoms with van der Waals surface area (Å²) < 4.78 is 0. The number of alkyl halides is 1. The van der Waals surface area contributed by atoms with Crippen molar-refractivity contribution in [3.8, 4) is 0 Å². The fraction of sp³-hybridized carbons (Fsp3) is 0.250. The van der Waals surface area contributed by atoms with Crippen molar-refractivity contribution in [2.24, 2.45) is 0 Å². The molecule has 1 unspecified atom stereocenters. The molecule has 1 heterocycles. The number of hydrogen-bond donors (Lipinski definition) is 1. The zero-order chi connectivity index (χ0) is 9.31. The van der Waals surface area contributed by atoms with Crippen molar-refractivity contribution in [1.82, 2.24) is 15.4 Å². The second-order valence-corrected chi connectivity index (χ2v) is 4.03. The van der Waals surface area contributed by atoms with Crippen molar-refractivity contribution in [2.45, 2.75) is 11.3 Å². The molecule has 0 bridgehead atoms. The minimum atomic E-state index is -0.640. The predicted octanol–water partition coefficient (Wildman–Crippen LogP) is 2.32. The van der Waals surface area contributed by atoms with Crippen molar-refractivity contribution in [3.05, 3.63) is 35.2 Å². The lowest BCUT2D eigenvalue weighted by Crippen LogP contribution is -2.18. The number of hydrogen-bond acceptors (Lipinski definition) is 2. The molecule has 1 aromatic rings. The Balaban J connectivity index is 2.34. The Kier molecular flexibility index (Phi) is 2.14. The summed E-state index contributed by atoms with van der Waals surface area (Å²) in [7, 11) is 0. The quantitative estimate of drug-likeness (QED) is 0.732. The number of nitrogens with one attached hydrogen (secondary N) is 1. The molecule has 0 amide bonds. The molecule has 1 aromatic heterocycles. The van der Waals surface area contributed by atoms with Crippen LogP contribution in [-0.2, 0) is 4.87 Å². The fourth-order valence-electron chi connectivity index (χ4n) is 1.25. The lowest BCUT2D eigenvalue weighted by molar-refractivity contribution is 0.717. The van der Waals surface area contributed by atoms with E-state index in [0.29, 0.717) is 12.1 Å². The lowest BCUT2D eigenvalue weighted by atomic mass is 9.97. The fourth-order valence-corrected chi connectivity index (χ4v) is 1.91. The molecule has 3 nitrogen and oxygen atoms in total.